The Labute approximate surface area is 313 Å². The quantitative estimate of drug-likeness (QED) is 0.138. The summed E-state index contributed by atoms with van der Waals surface area (Å²) in [6.45, 7) is 0. The van der Waals surface area contributed by atoms with E-state index in [0.29, 0.717) is 0 Å². The SMILES string of the molecule is [Fe].[Fe].[Fe].[Fe].[c-]1[c-][c-][c-]([Si]([c-]2cccc2)([c-]2cccc2)[c-]2cccc2)[c-]1.c1cc[cH-]c1.c1cc[cH-]c1.c1cc[cH-]c1.c1cc[cH-]c1. The van der Waals surface area contributed by atoms with Gasteiger partial charge in [0.15, 0.2) is 0 Å². The molecule has 8 aromatic carbocycles. The van der Waals surface area contributed by atoms with E-state index in [2.05, 4.69) is 97.1 Å². The van der Waals surface area contributed by atoms with Crippen molar-refractivity contribution in [2.75, 3.05) is 0 Å². The van der Waals surface area contributed by atoms with Crippen molar-refractivity contribution in [1.82, 2.24) is 0 Å². The van der Waals surface area contributed by atoms with Crippen molar-refractivity contribution in [1.29, 1.82) is 0 Å². The molecule has 240 valence electrons. The van der Waals surface area contributed by atoms with Gasteiger partial charge in [0.2, 0.25) is 0 Å². The summed E-state index contributed by atoms with van der Waals surface area (Å²) in [7, 11) is -2.26. The predicted octanol–water partition coefficient (Wildman–Crippen LogP) is 6.75. The second kappa shape index (κ2) is 25.3. The first-order valence-corrected chi connectivity index (χ1v) is 15.6. The fraction of sp³-hybridized carbons (Fsp3) is 0. The van der Waals surface area contributed by atoms with Gasteiger partial charge in [0.1, 0.15) is 0 Å². The van der Waals surface area contributed by atoms with Crippen molar-refractivity contribution >= 4 is 28.8 Å². The van der Waals surface area contributed by atoms with Gasteiger partial charge in [-0.05, 0) is 0 Å². The average Bonchev–Trinajstić information content (AvgIpc) is 3.90. The average molecular weight is 764 g/mol. The summed E-state index contributed by atoms with van der Waals surface area (Å²) in [5, 5.41) is 5.19. The van der Waals surface area contributed by atoms with E-state index in [9.17, 15) is 0 Å². The normalized spacial score (nSPS) is 9.07. The van der Waals surface area contributed by atoms with Gasteiger partial charge in [-0.15, -0.1) is 0 Å². The van der Waals surface area contributed by atoms with E-state index in [1.165, 1.54) is 15.6 Å². The molecule has 0 saturated heterocycles. The molecule has 0 aliphatic heterocycles. The van der Waals surface area contributed by atoms with E-state index < -0.39 is 8.07 Å². The van der Waals surface area contributed by atoms with Gasteiger partial charge in [0, 0.05) is 68.3 Å². The third-order valence-electron chi connectivity index (χ3n) is 6.32. The molecule has 0 heterocycles. The fourth-order valence-corrected chi connectivity index (χ4v) is 8.94. The molecule has 0 N–H and O–H groups in total. The van der Waals surface area contributed by atoms with Crippen molar-refractivity contribution in [2.45, 2.75) is 0 Å². The van der Waals surface area contributed by atoms with Gasteiger partial charge in [-0.3, -0.25) is 0 Å². The van der Waals surface area contributed by atoms with Crippen molar-refractivity contribution in [2.24, 2.45) is 0 Å². The Morgan fingerprint density at radius 2 is 0.556 bits per heavy atom. The predicted molar refractivity (Wildman–Crippen MR) is 176 cm³/mol. The molecule has 0 unspecified atom stereocenters. The summed E-state index contributed by atoms with van der Waals surface area (Å²) in [5.74, 6) is 0. The molecule has 0 spiro atoms. The van der Waals surface area contributed by atoms with Crippen LogP contribution in [0.3, 0.4) is 0 Å². The zero-order valence-electron chi connectivity index (χ0n) is 24.4. The molecule has 5 heteroatoms. The standard InChI is InChI=1S/C20H12Si.4C5H5.4Fe/c1-2-10-17(9-1)21(18-11-3-4-12-18,19-13-5-6-14-19)20-15-7-8-16-20;4*1-2-4-5-3-1;;;;/h1-6,9-14H;4*1-5H;;;;/q-8;4*-1;;;;. The molecule has 0 aromatic heterocycles. The zero-order chi connectivity index (χ0) is 28.3. The zero-order valence-corrected chi connectivity index (χ0v) is 29.8. The van der Waals surface area contributed by atoms with Gasteiger partial charge in [-0.1, -0.05) is 0 Å². The minimum atomic E-state index is -2.26. The molecule has 0 nitrogen and oxygen atoms in total. The Morgan fingerprint density at radius 3 is 0.733 bits per heavy atom. The maximum atomic E-state index is 3.27. The minimum Gasteiger partial charge on any atom is -0.999 e. The Hall–Kier alpha value is -2.91. The number of hydrogen-bond acceptors (Lipinski definition) is 0. The van der Waals surface area contributed by atoms with Crippen LogP contribution in [0.4, 0.5) is 0 Å². The number of rotatable bonds is 4. The Kier molecular flexibility index (Phi) is 23.7. The van der Waals surface area contributed by atoms with Gasteiger partial charge in [-0.2, -0.15) is 109 Å². The molecule has 0 aliphatic rings. The molecule has 0 fully saturated rings. The first-order valence-electron chi connectivity index (χ1n) is 13.6. The van der Waals surface area contributed by atoms with Crippen LogP contribution < -0.4 is 20.7 Å². The number of hydrogen-bond donors (Lipinski definition) is 0. The van der Waals surface area contributed by atoms with Crippen LogP contribution in [0.5, 0.6) is 0 Å². The Bertz CT molecular complexity index is 1220. The molecular weight excluding hydrogens is 732 g/mol. The molecule has 0 bridgehead atoms. The maximum absolute atomic E-state index is 3.27. The minimum absolute atomic E-state index is 0. The summed E-state index contributed by atoms with van der Waals surface area (Å²) in [4.78, 5) is 0. The van der Waals surface area contributed by atoms with Crippen LogP contribution in [-0.2, 0) is 68.3 Å². The molecule has 8 rings (SSSR count). The van der Waals surface area contributed by atoms with E-state index in [4.69, 9.17) is 0 Å². The van der Waals surface area contributed by atoms with E-state index in [1.807, 2.05) is 121 Å². The van der Waals surface area contributed by atoms with Crippen LogP contribution in [0.15, 0.2) is 194 Å². The molecular formula is C40H32Fe4Si-12. The third-order valence-corrected chi connectivity index (χ3v) is 10.9. The molecule has 45 heavy (non-hydrogen) atoms. The molecule has 8 aromatic rings. The van der Waals surface area contributed by atoms with E-state index in [0.717, 1.165) is 5.19 Å². The Morgan fingerprint density at radius 1 is 0.333 bits per heavy atom. The first kappa shape index (κ1) is 42.1. The van der Waals surface area contributed by atoms with Crippen LogP contribution in [-0.4, -0.2) is 8.07 Å². The first-order chi connectivity index (χ1) is 20.4. The summed E-state index contributed by atoms with van der Waals surface area (Å²) in [6, 6.07) is 78.4. The van der Waals surface area contributed by atoms with Crippen molar-refractivity contribution in [3.8, 4) is 0 Å². The molecule has 0 amide bonds. The second-order valence-electron chi connectivity index (χ2n) is 8.99. The van der Waals surface area contributed by atoms with E-state index in [1.54, 1.807) is 0 Å². The van der Waals surface area contributed by atoms with Crippen molar-refractivity contribution < 1.29 is 68.3 Å². The van der Waals surface area contributed by atoms with Crippen LogP contribution in [0.25, 0.3) is 0 Å². The fourth-order valence-electron chi connectivity index (χ4n) is 4.49. The smallest absolute Gasteiger partial charge is 0 e. The van der Waals surface area contributed by atoms with Crippen molar-refractivity contribution in [3.05, 3.63) is 218 Å². The van der Waals surface area contributed by atoms with Crippen LogP contribution >= 0.6 is 0 Å². The van der Waals surface area contributed by atoms with Gasteiger partial charge >= 0.3 is 0 Å². The molecule has 0 radical (unpaired) electrons. The molecule has 0 atom stereocenters. The van der Waals surface area contributed by atoms with Crippen LogP contribution in [0.2, 0.25) is 0 Å². The van der Waals surface area contributed by atoms with Gasteiger partial charge < -0.3 is 29.5 Å². The summed E-state index contributed by atoms with van der Waals surface area (Å²) in [6.07, 6.45) is 0. The molecule has 0 aliphatic carbocycles. The Balaban J connectivity index is 0.000000660. The van der Waals surface area contributed by atoms with E-state index >= 15 is 0 Å². The third kappa shape index (κ3) is 13.2. The van der Waals surface area contributed by atoms with Crippen LogP contribution in [0, 0.1) is 24.3 Å². The van der Waals surface area contributed by atoms with Gasteiger partial charge in [-0.25, -0.2) is 109 Å². The largest absolute Gasteiger partial charge is 0.999 e. The summed E-state index contributed by atoms with van der Waals surface area (Å²) >= 11 is 0. The summed E-state index contributed by atoms with van der Waals surface area (Å²) in [5.41, 5.74) is 0. The van der Waals surface area contributed by atoms with Crippen molar-refractivity contribution in [3.63, 3.8) is 0 Å². The van der Waals surface area contributed by atoms with E-state index in [-0.39, 0.29) is 68.3 Å². The van der Waals surface area contributed by atoms with Gasteiger partial charge in [0.05, 0.1) is 0 Å². The summed E-state index contributed by atoms with van der Waals surface area (Å²) < 4.78 is 0. The molecule has 0 saturated carbocycles. The monoisotopic (exact) mass is 764 g/mol. The maximum Gasteiger partial charge on any atom is 0 e. The van der Waals surface area contributed by atoms with Crippen LogP contribution in [0.1, 0.15) is 0 Å². The topological polar surface area (TPSA) is 0 Å². The second-order valence-corrected chi connectivity index (χ2v) is 12.7. The van der Waals surface area contributed by atoms with Gasteiger partial charge in [0.25, 0.3) is 0 Å².